The van der Waals surface area contributed by atoms with E-state index in [0.29, 0.717) is 11.1 Å². The number of methoxy groups -OCH3 is 2. The van der Waals surface area contributed by atoms with Crippen molar-refractivity contribution in [2.45, 2.75) is 92.4 Å². The predicted octanol–water partition coefficient (Wildman–Crippen LogP) is 8.10. The Labute approximate surface area is 362 Å². The number of carbonyl (C=O) groups excluding carboxylic acids is 3. The van der Waals surface area contributed by atoms with Crippen molar-refractivity contribution < 1.29 is 54.9 Å². The molecule has 2 unspecified atom stereocenters. The molecule has 0 aliphatic carbocycles. The molecular weight excluding hydrogens is 850 g/mol. The molecule has 2 heterocycles. The lowest BCUT2D eigenvalue weighted by Gasteiger charge is -2.22. The van der Waals surface area contributed by atoms with Gasteiger partial charge in [-0.1, -0.05) is 63.4 Å². The molecule has 0 radical (unpaired) electrons. The molecule has 12 nitrogen and oxygen atoms in total. The van der Waals surface area contributed by atoms with Crippen molar-refractivity contribution in [1.29, 1.82) is 0 Å². The maximum atomic E-state index is 13.6. The van der Waals surface area contributed by atoms with Crippen LogP contribution in [0.25, 0.3) is 22.3 Å². The lowest BCUT2D eigenvalue weighted by molar-refractivity contribution is -0.143. The van der Waals surface area contributed by atoms with E-state index in [1.807, 2.05) is 0 Å². The van der Waals surface area contributed by atoms with Gasteiger partial charge in [0.2, 0.25) is 0 Å². The van der Waals surface area contributed by atoms with Gasteiger partial charge < -0.3 is 34.4 Å². The van der Waals surface area contributed by atoms with Gasteiger partial charge in [0.25, 0.3) is 11.1 Å². The van der Waals surface area contributed by atoms with Gasteiger partial charge in [0.05, 0.1) is 36.5 Å². The average molecular weight is 905 g/mol. The van der Waals surface area contributed by atoms with Gasteiger partial charge in [0.1, 0.15) is 17.7 Å². The van der Waals surface area contributed by atoms with Crippen LogP contribution in [0, 0.1) is 13.8 Å². The fourth-order valence-corrected chi connectivity index (χ4v) is 5.77. The van der Waals surface area contributed by atoms with Gasteiger partial charge in [-0.15, -0.1) is 12.4 Å². The molecule has 1 amide bonds. The normalized spacial score (nSPS) is 12.1. The van der Waals surface area contributed by atoms with Crippen LogP contribution in [0.2, 0.25) is 0 Å². The first-order valence-corrected chi connectivity index (χ1v) is 17.8. The second-order valence-corrected chi connectivity index (χ2v) is 14.5. The third kappa shape index (κ3) is 14.5. The van der Waals surface area contributed by atoms with Crippen LogP contribution in [-0.4, -0.2) is 59.1 Å². The van der Waals surface area contributed by atoms with Crippen molar-refractivity contribution in [3.63, 3.8) is 0 Å². The van der Waals surface area contributed by atoms with Crippen LogP contribution in [0.5, 0.6) is 0 Å². The monoisotopic (exact) mass is 904 g/mol. The van der Waals surface area contributed by atoms with Crippen LogP contribution in [0.3, 0.4) is 0 Å². The van der Waals surface area contributed by atoms with Gasteiger partial charge in [-0.3, -0.25) is 14.4 Å². The Hall–Kier alpha value is -5.62. The molecule has 4 aromatic rings. The highest BCUT2D eigenvalue weighted by molar-refractivity contribution is 5.85. The summed E-state index contributed by atoms with van der Waals surface area (Å²) in [6, 6.07) is 11.6. The van der Waals surface area contributed by atoms with Crippen LogP contribution in [-0.2, 0) is 63.1 Å². The first-order valence-electron chi connectivity index (χ1n) is 17.8. The van der Waals surface area contributed by atoms with E-state index in [-0.39, 0.29) is 62.6 Å². The molecule has 0 bridgehead atoms. The van der Waals surface area contributed by atoms with Crippen LogP contribution >= 0.6 is 12.4 Å². The van der Waals surface area contributed by atoms with E-state index in [4.69, 9.17) is 15.2 Å². The lowest BCUT2D eigenvalue weighted by atomic mass is 9.97. The highest BCUT2D eigenvalue weighted by Gasteiger charge is 2.37. The number of amides is 1. The number of pyridine rings is 2. The third-order valence-electron chi connectivity index (χ3n) is 9.01. The number of alkyl carbamates (subject to hydrolysis) is 1. The number of halogens is 7. The van der Waals surface area contributed by atoms with E-state index >= 15 is 0 Å². The molecule has 0 aliphatic rings. The minimum Gasteiger partial charge on any atom is -0.468 e. The highest BCUT2D eigenvalue weighted by atomic mass is 35.5. The van der Waals surface area contributed by atoms with Crippen LogP contribution in [0.1, 0.15) is 69.3 Å². The van der Waals surface area contributed by atoms with Crippen molar-refractivity contribution in [2.24, 2.45) is 19.8 Å². The molecule has 2 atom stereocenters. The molecule has 344 valence electrons. The van der Waals surface area contributed by atoms with Crippen molar-refractivity contribution in [3.8, 4) is 22.3 Å². The van der Waals surface area contributed by atoms with Gasteiger partial charge in [-0.05, 0) is 75.4 Å². The zero-order chi connectivity index (χ0) is 44.8. The molecule has 19 heteroatoms. The SMILES string of the molecule is C.C.COC(=O)C(Cc1ccc(-c2c(C(F)(F)F)cc(C)n(C)c2=O)cc1)NC(=O)OC(C)(C)C.COC(=O)C(N)Cc1ccc(-c2c(C(F)(F)F)cc(C)n(C)c2=O)cc1.Cl. The molecule has 0 spiro atoms. The Bertz CT molecular complexity index is 2280. The molecule has 0 saturated carbocycles. The molecule has 2 aromatic heterocycles. The molecular formula is C43H55ClF6N4O8. The number of hydrogen-bond donors (Lipinski definition) is 2. The predicted molar refractivity (Wildman–Crippen MR) is 227 cm³/mol. The van der Waals surface area contributed by atoms with Gasteiger partial charge >= 0.3 is 30.4 Å². The van der Waals surface area contributed by atoms with E-state index < -0.39 is 81.4 Å². The summed E-state index contributed by atoms with van der Waals surface area (Å²) < 4.78 is 97.7. The summed E-state index contributed by atoms with van der Waals surface area (Å²) in [5.74, 6) is -1.29. The van der Waals surface area contributed by atoms with E-state index in [0.717, 1.165) is 16.7 Å². The first kappa shape index (κ1) is 56.4. The number of hydrogen-bond acceptors (Lipinski definition) is 9. The molecule has 0 fully saturated rings. The second kappa shape index (κ2) is 22.5. The Morgan fingerprint density at radius 2 is 1.03 bits per heavy atom. The molecule has 0 aliphatic heterocycles. The number of carbonyl (C=O) groups is 3. The standard InChI is InChI=1S/C23H27F3N2O5.C18H19F3N2O3.2CH4.ClH/c1-13-11-16(23(24,25)26)18(19(29)28(13)5)15-9-7-14(8-10-15)12-17(20(30)32-6)27-21(31)33-22(2,3)4;1-10-8-13(18(19,20)21)15(16(24)23(10)2)12-6-4-11(5-7-12)9-14(22)17(25)26-3;;;/h7-11,17H,12H2,1-6H3,(H,27,31);4-8,14H,9,22H2,1-3H3;2*1H4;1H. The Morgan fingerprint density at radius 1 is 0.677 bits per heavy atom. The zero-order valence-corrected chi connectivity index (χ0v) is 35.1. The Kier molecular flexibility index (Phi) is 20.4. The van der Waals surface area contributed by atoms with E-state index in [1.54, 1.807) is 20.8 Å². The average Bonchev–Trinajstić information content (AvgIpc) is 3.14. The smallest absolute Gasteiger partial charge is 0.417 e. The first-order chi connectivity index (χ1) is 27.2. The Morgan fingerprint density at radius 3 is 1.35 bits per heavy atom. The van der Waals surface area contributed by atoms with Crippen molar-refractivity contribution in [3.05, 3.63) is 115 Å². The Balaban J connectivity index is 0.00000117. The summed E-state index contributed by atoms with van der Waals surface area (Å²) in [6.07, 6.45) is -10.00. The summed E-state index contributed by atoms with van der Waals surface area (Å²) in [6.45, 7) is 7.88. The van der Waals surface area contributed by atoms with Crippen molar-refractivity contribution in [2.75, 3.05) is 14.2 Å². The quantitative estimate of drug-likeness (QED) is 0.0961. The van der Waals surface area contributed by atoms with Gasteiger partial charge in [-0.25, -0.2) is 9.59 Å². The second-order valence-electron chi connectivity index (χ2n) is 14.5. The number of rotatable bonds is 9. The van der Waals surface area contributed by atoms with Crippen molar-refractivity contribution >= 4 is 30.4 Å². The molecule has 3 N–H and O–H groups in total. The third-order valence-corrected chi connectivity index (χ3v) is 9.01. The molecule has 62 heavy (non-hydrogen) atoms. The lowest BCUT2D eigenvalue weighted by Crippen LogP contribution is -2.45. The van der Waals surface area contributed by atoms with Crippen LogP contribution < -0.4 is 22.2 Å². The summed E-state index contributed by atoms with van der Waals surface area (Å²) >= 11 is 0. The fourth-order valence-electron chi connectivity index (χ4n) is 5.77. The number of nitrogens with two attached hydrogens (primary N) is 1. The maximum Gasteiger partial charge on any atom is 0.417 e. The van der Waals surface area contributed by atoms with Gasteiger partial charge in [-0.2, -0.15) is 26.3 Å². The summed E-state index contributed by atoms with van der Waals surface area (Å²) in [4.78, 5) is 60.6. The molecule has 0 saturated heterocycles. The number of alkyl halides is 6. The van der Waals surface area contributed by atoms with Crippen molar-refractivity contribution in [1.82, 2.24) is 14.5 Å². The summed E-state index contributed by atoms with van der Waals surface area (Å²) in [7, 11) is 5.21. The van der Waals surface area contributed by atoms with Gasteiger partial charge in [0.15, 0.2) is 0 Å². The van der Waals surface area contributed by atoms with E-state index in [2.05, 4.69) is 10.1 Å². The summed E-state index contributed by atoms with van der Waals surface area (Å²) in [5, 5.41) is 2.43. The number of nitrogens with zero attached hydrogens (tertiary/aromatic N) is 2. The van der Waals surface area contributed by atoms with Crippen LogP contribution in [0.15, 0.2) is 70.3 Å². The van der Waals surface area contributed by atoms with Crippen LogP contribution in [0.4, 0.5) is 31.1 Å². The van der Waals surface area contributed by atoms with Gasteiger partial charge in [0, 0.05) is 31.9 Å². The number of nitrogens with one attached hydrogen (secondary N) is 1. The zero-order valence-electron chi connectivity index (χ0n) is 34.3. The number of ether oxygens (including phenoxy) is 3. The topological polar surface area (TPSA) is 161 Å². The largest absolute Gasteiger partial charge is 0.468 e. The maximum absolute atomic E-state index is 13.6. The minimum absolute atomic E-state index is 0. The molecule has 4 rings (SSSR count). The van der Waals surface area contributed by atoms with E-state index in [1.165, 1.54) is 95.3 Å². The highest BCUT2D eigenvalue weighted by Crippen LogP contribution is 2.37. The number of benzene rings is 2. The number of aryl methyl sites for hydroxylation is 2. The number of aromatic nitrogens is 2. The minimum atomic E-state index is -4.71. The molecule has 2 aromatic carbocycles. The fraction of sp³-hybridized carbons (Fsp3) is 0.419. The van der Waals surface area contributed by atoms with E-state index in [9.17, 15) is 50.3 Å². The number of esters is 2. The summed E-state index contributed by atoms with van der Waals surface area (Å²) in [5.41, 5.74) is 2.34.